The summed E-state index contributed by atoms with van der Waals surface area (Å²) in [6.07, 6.45) is 0. The average molecular weight is 368 g/mol. The van der Waals surface area contributed by atoms with E-state index in [0.29, 0.717) is 22.8 Å². The molecule has 0 spiro atoms. The third-order valence-corrected chi connectivity index (χ3v) is 3.41. The molecular formula is C18H18F2O6. The molecule has 0 fully saturated rings. The van der Waals surface area contributed by atoms with Gasteiger partial charge in [-0.1, -0.05) is 0 Å². The number of carbonyl (C=O) groups is 1. The number of rotatable bonds is 8. The number of hydrogen-bond donors (Lipinski definition) is 0. The predicted molar refractivity (Wildman–Crippen MR) is 88.3 cm³/mol. The van der Waals surface area contributed by atoms with Gasteiger partial charge in [-0.25, -0.2) is 4.79 Å². The zero-order valence-corrected chi connectivity index (χ0v) is 14.5. The maximum atomic E-state index is 12.1. The molecule has 0 atom stereocenters. The Balaban J connectivity index is 2.07. The van der Waals surface area contributed by atoms with Gasteiger partial charge in [-0.05, 0) is 42.0 Å². The van der Waals surface area contributed by atoms with Crippen LogP contribution >= 0.6 is 0 Å². The van der Waals surface area contributed by atoms with Crippen molar-refractivity contribution in [1.82, 2.24) is 0 Å². The minimum atomic E-state index is -2.92. The van der Waals surface area contributed by atoms with Crippen LogP contribution < -0.4 is 18.9 Å². The molecule has 0 aliphatic carbocycles. The topological polar surface area (TPSA) is 63.2 Å². The molecule has 6 nitrogen and oxygen atoms in total. The molecule has 8 heteroatoms. The minimum absolute atomic E-state index is 0.0369. The molecule has 0 radical (unpaired) electrons. The van der Waals surface area contributed by atoms with E-state index >= 15 is 0 Å². The summed E-state index contributed by atoms with van der Waals surface area (Å²) in [4.78, 5) is 12.1. The van der Waals surface area contributed by atoms with Gasteiger partial charge in [0.05, 0.1) is 26.9 Å². The van der Waals surface area contributed by atoms with E-state index in [0.717, 1.165) is 0 Å². The van der Waals surface area contributed by atoms with Crippen molar-refractivity contribution in [2.45, 2.75) is 13.2 Å². The smallest absolute Gasteiger partial charge is 0.387 e. The summed E-state index contributed by atoms with van der Waals surface area (Å²) in [5, 5.41) is 0. The van der Waals surface area contributed by atoms with Gasteiger partial charge in [0.15, 0.2) is 11.5 Å². The molecule has 2 aromatic rings. The number of halogens is 2. The Labute approximate surface area is 149 Å². The first kappa shape index (κ1) is 19.3. The Morgan fingerprint density at radius 2 is 1.54 bits per heavy atom. The molecule has 0 aliphatic rings. The molecular weight excluding hydrogens is 350 g/mol. The standard InChI is InChI=1S/C18H18F2O6/c1-22-14-8-11(9-15(23-2)16(14)24-3)10-25-17(21)12-4-6-13(7-5-12)26-18(19)20/h4-9,18H,10H2,1-3H3. The molecule has 0 aromatic heterocycles. The van der Waals surface area contributed by atoms with Gasteiger partial charge in [0.25, 0.3) is 0 Å². The summed E-state index contributed by atoms with van der Waals surface area (Å²) in [7, 11) is 4.45. The molecule has 0 aliphatic heterocycles. The summed E-state index contributed by atoms with van der Waals surface area (Å²) in [5.41, 5.74) is 0.838. The molecule has 140 valence electrons. The molecule has 0 saturated carbocycles. The monoisotopic (exact) mass is 368 g/mol. The average Bonchev–Trinajstić information content (AvgIpc) is 2.65. The molecule has 0 amide bonds. The van der Waals surface area contributed by atoms with Gasteiger partial charge in [0.1, 0.15) is 12.4 Å². The number of esters is 1. The third-order valence-electron chi connectivity index (χ3n) is 3.41. The van der Waals surface area contributed by atoms with Gasteiger partial charge in [0, 0.05) is 0 Å². The Kier molecular flexibility index (Phi) is 6.60. The maximum absolute atomic E-state index is 12.1. The molecule has 0 heterocycles. The van der Waals surface area contributed by atoms with Crippen LogP contribution in [0.1, 0.15) is 15.9 Å². The zero-order valence-electron chi connectivity index (χ0n) is 14.5. The Bertz CT molecular complexity index is 721. The van der Waals surface area contributed by atoms with Crippen molar-refractivity contribution in [3.8, 4) is 23.0 Å². The van der Waals surface area contributed by atoms with Crippen LogP contribution in [0.15, 0.2) is 36.4 Å². The Morgan fingerprint density at radius 1 is 0.962 bits per heavy atom. The van der Waals surface area contributed by atoms with Crippen molar-refractivity contribution in [2.24, 2.45) is 0 Å². The summed E-state index contributed by atoms with van der Waals surface area (Å²) in [5.74, 6) is 0.654. The summed E-state index contributed by atoms with van der Waals surface area (Å²) >= 11 is 0. The van der Waals surface area contributed by atoms with E-state index in [2.05, 4.69) is 4.74 Å². The van der Waals surface area contributed by atoms with Crippen LogP contribution in [0.5, 0.6) is 23.0 Å². The van der Waals surface area contributed by atoms with Crippen LogP contribution in [0.3, 0.4) is 0 Å². The van der Waals surface area contributed by atoms with Crippen molar-refractivity contribution in [2.75, 3.05) is 21.3 Å². The molecule has 0 bridgehead atoms. The number of alkyl halides is 2. The van der Waals surface area contributed by atoms with Gasteiger partial charge in [-0.3, -0.25) is 0 Å². The second kappa shape index (κ2) is 8.89. The molecule has 0 saturated heterocycles. The quantitative estimate of drug-likeness (QED) is 0.663. The third kappa shape index (κ3) is 4.75. The van der Waals surface area contributed by atoms with Crippen molar-refractivity contribution in [3.05, 3.63) is 47.5 Å². The van der Waals surface area contributed by atoms with E-state index in [1.165, 1.54) is 45.6 Å². The molecule has 26 heavy (non-hydrogen) atoms. The largest absolute Gasteiger partial charge is 0.493 e. The second-order valence-electron chi connectivity index (χ2n) is 5.01. The van der Waals surface area contributed by atoms with Crippen molar-refractivity contribution < 1.29 is 37.3 Å². The number of methoxy groups -OCH3 is 3. The van der Waals surface area contributed by atoms with Crippen LogP contribution in [0, 0.1) is 0 Å². The lowest BCUT2D eigenvalue weighted by Gasteiger charge is -2.14. The van der Waals surface area contributed by atoms with Crippen molar-refractivity contribution in [1.29, 1.82) is 0 Å². The first-order chi connectivity index (χ1) is 12.5. The first-order valence-electron chi connectivity index (χ1n) is 7.49. The highest BCUT2D eigenvalue weighted by atomic mass is 19.3. The second-order valence-corrected chi connectivity index (χ2v) is 5.01. The van der Waals surface area contributed by atoms with E-state index in [1.807, 2.05) is 0 Å². The van der Waals surface area contributed by atoms with E-state index < -0.39 is 12.6 Å². The summed E-state index contributed by atoms with van der Waals surface area (Å²) < 4.78 is 49.4. The van der Waals surface area contributed by atoms with E-state index in [-0.39, 0.29) is 17.9 Å². The SMILES string of the molecule is COc1cc(COC(=O)c2ccc(OC(F)F)cc2)cc(OC)c1OC. The molecule has 2 aromatic carbocycles. The van der Waals surface area contributed by atoms with Crippen molar-refractivity contribution >= 4 is 5.97 Å². The molecule has 2 rings (SSSR count). The van der Waals surface area contributed by atoms with Crippen LogP contribution in [0.4, 0.5) is 8.78 Å². The van der Waals surface area contributed by atoms with Gasteiger partial charge in [0.2, 0.25) is 5.75 Å². The number of benzene rings is 2. The van der Waals surface area contributed by atoms with Crippen molar-refractivity contribution in [3.63, 3.8) is 0 Å². The van der Waals surface area contributed by atoms with Gasteiger partial charge in [-0.15, -0.1) is 0 Å². The highest BCUT2D eigenvalue weighted by Crippen LogP contribution is 2.38. The van der Waals surface area contributed by atoms with Gasteiger partial charge >= 0.3 is 12.6 Å². The lowest BCUT2D eigenvalue weighted by Crippen LogP contribution is -2.07. The zero-order chi connectivity index (χ0) is 19.1. The predicted octanol–water partition coefficient (Wildman–Crippen LogP) is 3.67. The number of ether oxygens (including phenoxy) is 5. The Morgan fingerprint density at radius 3 is 2.00 bits per heavy atom. The molecule has 0 unspecified atom stereocenters. The maximum Gasteiger partial charge on any atom is 0.387 e. The van der Waals surface area contributed by atoms with Crippen LogP contribution in [-0.4, -0.2) is 33.9 Å². The normalized spacial score (nSPS) is 10.4. The summed E-state index contributed by atoms with van der Waals surface area (Å²) in [6.45, 7) is -2.96. The lowest BCUT2D eigenvalue weighted by atomic mass is 10.2. The fourth-order valence-electron chi connectivity index (χ4n) is 2.22. The highest BCUT2D eigenvalue weighted by Gasteiger charge is 2.15. The minimum Gasteiger partial charge on any atom is -0.493 e. The van der Waals surface area contributed by atoms with E-state index in [9.17, 15) is 13.6 Å². The highest BCUT2D eigenvalue weighted by molar-refractivity contribution is 5.89. The lowest BCUT2D eigenvalue weighted by molar-refractivity contribution is -0.0498. The van der Waals surface area contributed by atoms with Crippen LogP contribution in [0.2, 0.25) is 0 Å². The van der Waals surface area contributed by atoms with Gasteiger partial charge in [-0.2, -0.15) is 8.78 Å². The molecule has 0 N–H and O–H groups in total. The van der Waals surface area contributed by atoms with E-state index in [1.54, 1.807) is 12.1 Å². The van der Waals surface area contributed by atoms with Crippen LogP contribution in [0.25, 0.3) is 0 Å². The van der Waals surface area contributed by atoms with Crippen LogP contribution in [-0.2, 0) is 11.3 Å². The fraction of sp³-hybridized carbons (Fsp3) is 0.278. The summed E-state index contributed by atoms with van der Waals surface area (Å²) in [6, 6.07) is 8.54. The van der Waals surface area contributed by atoms with Gasteiger partial charge < -0.3 is 23.7 Å². The fourth-order valence-corrected chi connectivity index (χ4v) is 2.22. The number of carbonyl (C=O) groups excluding carboxylic acids is 1. The number of hydrogen-bond acceptors (Lipinski definition) is 6. The Hall–Kier alpha value is -3.03. The first-order valence-corrected chi connectivity index (χ1v) is 7.49. The van der Waals surface area contributed by atoms with E-state index in [4.69, 9.17) is 18.9 Å².